The van der Waals surface area contributed by atoms with E-state index in [0.717, 1.165) is 5.39 Å². The zero-order chi connectivity index (χ0) is 17.3. The van der Waals surface area contributed by atoms with Gasteiger partial charge in [0, 0.05) is 16.6 Å². The molecule has 0 spiro atoms. The number of nitrogens with one attached hydrogen (secondary N) is 2. The van der Waals surface area contributed by atoms with Gasteiger partial charge < -0.3 is 15.4 Å². The first-order chi connectivity index (χ1) is 11.5. The van der Waals surface area contributed by atoms with Crippen molar-refractivity contribution in [3.05, 3.63) is 75.6 Å². The van der Waals surface area contributed by atoms with Crippen molar-refractivity contribution in [2.45, 2.75) is 6.92 Å². The molecule has 0 saturated carbocycles. The van der Waals surface area contributed by atoms with Crippen molar-refractivity contribution in [3.8, 4) is 0 Å². The molecule has 0 bridgehead atoms. The first kappa shape index (κ1) is 15.5. The van der Waals surface area contributed by atoms with Gasteiger partial charge in [-0.2, -0.15) is 0 Å². The molecule has 1 heterocycles. The number of carboxylic acids is 1. The Bertz CT molecular complexity index is 1000. The topological polar surface area (TPSA) is 99.3 Å². The Balaban J connectivity index is 1.97. The number of hydrogen-bond acceptors (Lipinski definition) is 3. The summed E-state index contributed by atoms with van der Waals surface area (Å²) in [5.41, 5.74) is 1.36. The minimum absolute atomic E-state index is 0.0380. The van der Waals surface area contributed by atoms with Crippen LogP contribution in [0.15, 0.2) is 53.3 Å². The number of aromatic carboxylic acids is 1. The third kappa shape index (κ3) is 2.77. The van der Waals surface area contributed by atoms with E-state index in [4.69, 9.17) is 5.11 Å². The predicted octanol–water partition coefficient (Wildman–Crippen LogP) is 2.79. The summed E-state index contributed by atoms with van der Waals surface area (Å²) in [5.74, 6) is -1.59. The third-order valence-electron chi connectivity index (χ3n) is 3.80. The van der Waals surface area contributed by atoms with Crippen molar-refractivity contribution in [1.82, 2.24) is 4.98 Å². The average molecular weight is 322 g/mol. The van der Waals surface area contributed by atoms with Gasteiger partial charge in [0.05, 0.1) is 5.56 Å². The summed E-state index contributed by atoms with van der Waals surface area (Å²) in [6.07, 6.45) is 0. The molecule has 0 radical (unpaired) electrons. The summed E-state index contributed by atoms with van der Waals surface area (Å²) in [5, 5.41) is 12.3. The van der Waals surface area contributed by atoms with Gasteiger partial charge >= 0.3 is 5.97 Å². The number of anilines is 1. The van der Waals surface area contributed by atoms with Gasteiger partial charge in [-0.05, 0) is 42.8 Å². The van der Waals surface area contributed by atoms with Gasteiger partial charge in [0.1, 0.15) is 5.56 Å². The van der Waals surface area contributed by atoms with Gasteiger partial charge in [0.25, 0.3) is 11.5 Å². The highest BCUT2D eigenvalue weighted by Crippen LogP contribution is 2.18. The Kier molecular flexibility index (Phi) is 3.87. The molecular formula is C18H14N2O4. The SMILES string of the molecule is Cc1c(C(=O)Nc2ccc(C(=O)O)cc2)c(=O)[nH]c2ccccc12. The second kappa shape index (κ2) is 6.00. The smallest absolute Gasteiger partial charge is 0.335 e. The number of aryl methyl sites for hydroxylation is 1. The minimum atomic E-state index is -1.05. The molecular weight excluding hydrogens is 308 g/mol. The second-order valence-corrected chi connectivity index (χ2v) is 5.34. The fraction of sp³-hybridized carbons (Fsp3) is 0.0556. The first-order valence-corrected chi connectivity index (χ1v) is 7.23. The Morgan fingerprint density at radius 1 is 1.04 bits per heavy atom. The molecule has 2 aromatic carbocycles. The van der Waals surface area contributed by atoms with Crippen LogP contribution in [0.4, 0.5) is 5.69 Å². The monoisotopic (exact) mass is 322 g/mol. The van der Waals surface area contributed by atoms with Crippen LogP contribution >= 0.6 is 0 Å². The summed E-state index contributed by atoms with van der Waals surface area (Å²) >= 11 is 0. The number of hydrogen-bond donors (Lipinski definition) is 3. The summed E-state index contributed by atoms with van der Waals surface area (Å²) in [6, 6.07) is 13.0. The molecule has 0 aliphatic carbocycles. The number of para-hydroxylation sites is 1. The lowest BCUT2D eigenvalue weighted by Crippen LogP contribution is -2.25. The summed E-state index contributed by atoms with van der Waals surface area (Å²) < 4.78 is 0. The lowest BCUT2D eigenvalue weighted by Gasteiger charge is -2.09. The standard InChI is InChI=1S/C18H14N2O4/c1-10-13-4-2-3-5-14(13)20-17(22)15(10)16(21)19-12-8-6-11(7-9-12)18(23)24/h2-9H,1H3,(H,19,21)(H,20,22)(H,23,24). The fourth-order valence-corrected chi connectivity index (χ4v) is 2.57. The molecule has 0 saturated heterocycles. The first-order valence-electron chi connectivity index (χ1n) is 7.23. The number of carboxylic acid groups (broad SMARTS) is 1. The number of carbonyl (C=O) groups excluding carboxylic acids is 1. The van der Waals surface area contributed by atoms with Crippen molar-refractivity contribution in [3.63, 3.8) is 0 Å². The van der Waals surface area contributed by atoms with Gasteiger partial charge in [-0.15, -0.1) is 0 Å². The Morgan fingerprint density at radius 3 is 2.38 bits per heavy atom. The highest BCUT2D eigenvalue weighted by Gasteiger charge is 2.16. The maximum absolute atomic E-state index is 12.5. The lowest BCUT2D eigenvalue weighted by molar-refractivity contribution is 0.0696. The van der Waals surface area contributed by atoms with Crippen molar-refractivity contribution in [2.75, 3.05) is 5.32 Å². The summed E-state index contributed by atoms with van der Waals surface area (Å²) in [6.45, 7) is 1.72. The molecule has 0 unspecified atom stereocenters. The van der Waals surface area contributed by atoms with E-state index in [0.29, 0.717) is 16.8 Å². The van der Waals surface area contributed by atoms with E-state index in [1.54, 1.807) is 13.0 Å². The van der Waals surface area contributed by atoms with Crippen molar-refractivity contribution < 1.29 is 14.7 Å². The lowest BCUT2D eigenvalue weighted by atomic mass is 10.0. The number of amides is 1. The van der Waals surface area contributed by atoms with Gasteiger partial charge in [0.15, 0.2) is 0 Å². The van der Waals surface area contributed by atoms with E-state index in [2.05, 4.69) is 10.3 Å². The van der Waals surface area contributed by atoms with E-state index in [1.807, 2.05) is 18.2 Å². The van der Waals surface area contributed by atoms with Crippen LogP contribution in [0.25, 0.3) is 10.9 Å². The molecule has 3 aromatic rings. The molecule has 0 aliphatic heterocycles. The largest absolute Gasteiger partial charge is 0.478 e. The van der Waals surface area contributed by atoms with Crippen LogP contribution in [0.3, 0.4) is 0 Å². The number of fused-ring (bicyclic) bond motifs is 1. The molecule has 1 amide bonds. The molecule has 24 heavy (non-hydrogen) atoms. The quantitative estimate of drug-likeness (QED) is 0.690. The Labute approximate surface area is 136 Å². The average Bonchev–Trinajstić information content (AvgIpc) is 2.55. The van der Waals surface area contributed by atoms with Crippen molar-refractivity contribution >= 4 is 28.5 Å². The van der Waals surface area contributed by atoms with E-state index in [1.165, 1.54) is 24.3 Å². The molecule has 1 aromatic heterocycles. The van der Waals surface area contributed by atoms with E-state index >= 15 is 0 Å². The molecule has 3 N–H and O–H groups in total. The number of pyridine rings is 1. The third-order valence-corrected chi connectivity index (χ3v) is 3.80. The Morgan fingerprint density at radius 2 is 1.71 bits per heavy atom. The molecule has 0 atom stereocenters. The number of aromatic amines is 1. The van der Waals surface area contributed by atoms with Crippen LogP contribution in [0.5, 0.6) is 0 Å². The van der Waals surface area contributed by atoms with Crippen molar-refractivity contribution in [1.29, 1.82) is 0 Å². The summed E-state index contributed by atoms with van der Waals surface area (Å²) in [4.78, 5) is 38.2. The zero-order valence-electron chi connectivity index (χ0n) is 12.8. The van der Waals surface area contributed by atoms with Crippen LogP contribution < -0.4 is 10.9 Å². The van der Waals surface area contributed by atoms with E-state index in [-0.39, 0.29) is 11.1 Å². The van der Waals surface area contributed by atoms with E-state index < -0.39 is 17.4 Å². The highest BCUT2D eigenvalue weighted by molar-refractivity contribution is 6.07. The molecule has 0 aliphatic rings. The van der Waals surface area contributed by atoms with Crippen LogP contribution in [-0.2, 0) is 0 Å². The van der Waals surface area contributed by atoms with Gasteiger partial charge in [-0.3, -0.25) is 9.59 Å². The molecule has 0 fully saturated rings. The molecule has 3 rings (SSSR count). The number of carbonyl (C=O) groups is 2. The van der Waals surface area contributed by atoms with Crippen LogP contribution in [0.1, 0.15) is 26.3 Å². The highest BCUT2D eigenvalue weighted by atomic mass is 16.4. The van der Waals surface area contributed by atoms with E-state index in [9.17, 15) is 14.4 Å². The number of rotatable bonds is 3. The maximum atomic E-state index is 12.5. The van der Waals surface area contributed by atoms with Crippen LogP contribution in [0, 0.1) is 6.92 Å². The molecule has 6 nitrogen and oxygen atoms in total. The fourth-order valence-electron chi connectivity index (χ4n) is 2.57. The van der Waals surface area contributed by atoms with Gasteiger partial charge in [0.2, 0.25) is 0 Å². The minimum Gasteiger partial charge on any atom is -0.478 e. The second-order valence-electron chi connectivity index (χ2n) is 5.34. The molecule has 6 heteroatoms. The van der Waals surface area contributed by atoms with Crippen molar-refractivity contribution in [2.24, 2.45) is 0 Å². The Hall–Kier alpha value is -3.41. The normalized spacial score (nSPS) is 10.5. The predicted molar refractivity (Wildman–Crippen MR) is 90.7 cm³/mol. The maximum Gasteiger partial charge on any atom is 0.335 e. The van der Waals surface area contributed by atoms with Crippen LogP contribution in [0.2, 0.25) is 0 Å². The molecule has 120 valence electrons. The number of aromatic nitrogens is 1. The number of benzene rings is 2. The van der Waals surface area contributed by atoms with Gasteiger partial charge in [-0.1, -0.05) is 18.2 Å². The van der Waals surface area contributed by atoms with Gasteiger partial charge in [-0.25, -0.2) is 4.79 Å². The zero-order valence-corrected chi connectivity index (χ0v) is 12.8. The summed E-state index contributed by atoms with van der Waals surface area (Å²) in [7, 11) is 0. The number of H-pyrrole nitrogens is 1. The van der Waals surface area contributed by atoms with Crippen LogP contribution in [-0.4, -0.2) is 22.0 Å².